The Morgan fingerprint density at radius 1 is 1.28 bits per heavy atom. The van der Waals surface area contributed by atoms with Crippen LogP contribution in [0.3, 0.4) is 0 Å². The van der Waals surface area contributed by atoms with Gasteiger partial charge in [-0.1, -0.05) is 12.1 Å². The molecule has 1 aromatic carbocycles. The van der Waals surface area contributed by atoms with Gasteiger partial charge in [-0.3, -0.25) is 0 Å². The third-order valence-electron chi connectivity index (χ3n) is 4.21. The summed E-state index contributed by atoms with van der Waals surface area (Å²) in [6.45, 7) is 6.28. The van der Waals surface area contributed by atoms with Gasteiger partial charge in [0.05, 0.1) is 27.4 Å². The molecular weight excluding hydrogens is 433 g/mol. The van der Waals surface area contributed by atoms with Gasteiger partial charge >= 0.3 is 0 Å². The number of halogens is 1. The smallest absolute Gasteiger partial charge is 0.194 e. The Hall–Kier alpha value is -1.22. The summed E-state index contributed by atoms with van der Waals surface area (Å²) in [7, 11) is 5.07. The first kappa shape index (κ1) is 21.8. The second-order valence-corrected chi connectivity index (χ2v) is 5.88. The van der Waals surface area contributed by atoms with Crippen LogP contribution in [0.5, 0.6) is 11.5 Å². The highest BCUT2D eigenvalue weighted by Crippen LogP contribution is 2.31. The van der Waals surface area contributed by atoms with Crippen molar-refractivity contribution in [2.75, 3.05) is 47.6 Å². The molecule has 7 heteroatoms. The second-order valence-electron chi connectivity index (χ2n) is 5.88. The van der Waals surface area contributed by atoms with Gasteiger partial charge in [-0.25, -0.2) is 4.99 Å². The summed E-state index contributed by atoms with van der Waals surface area (Å²) < 4.78 is 16.1. The SMILES string of the molecule is CCNC(=NCc1cccc(OC)c1OC)N1CCC(COC)C1.I. The van der Waals surface area contributed by atoms with E-state index in [1.165, 1.54) is 0 Å². The average Bonchev–Trinajstić information content (AvgIpc) is 3.06. The number of hydrogen-bond donors (Lipinski definition) is 1. The van der Waals surface area contributed by atoms with Crippen molar-refractivity contribution in [3.05, 3.63) is 23.8 Å². The molecule has 0 amide bonds. The monoisotopic (exact) mass is 463 g/mol. The van der Waals surface area contributed by atoms with Crippen LogP contribution in [0.15, 0.2) is 23.2 Å². The maximum Gasteiger partial charge on any atom is 0.194 e. The summed E-state index contributed by atoms with van der Waals surface area (Å²) in [6.07, 6.45) is 1.14. The minimum Gasteiger partial charge on any atom is -0.493 e. The molecule has 0 radical (unpaired) electrons. The molecule has 0 spiro atoms. The fraction of sp³-hybridized carbons (Fsp3) is 0.611. The molecule has 0 aromatic heterocycles. The van der Waals surface area contributed by atoms with E-state index in [1.54, 1.807) is 21.3 Å². The normalized spacial score (nSPS) is 17.2. The molecule has 6 nitrogen and oxygen atoms in total. The third-order valence-corrected chi connectivity index (χ3v) is 4.21. The molecule has 25 heavy (non-hydrogen) atoms. The van der Waals surface area contributed by atoms with E-state index in [0.717, 1.165) is 55.7 Å². The van der Waals surface area contributed by atoms with Crippen molar-refractivity contribution in [1.82, 2.24) is 10.2 Å². The van der Waals surface area contributed by atoms with E-state index in [4.69, 9.17) is 19.2 Å². The zero-order chi connectivity index (χ0) is 17.4. The van der Waals surface area contributed by atoms with Crippen molar-refractivity contribution in [2.24, 2.45) is 10.9 Å². The molecule has 1 fully saturated rings. The van der Waals surface area contributed by atoms with Gasteiger partial charge in [0.15, 0.2) is 17.5 Å². The van der Waals surface area contributed by atoms with E-state index >= 15 is 0 Å². The lowest BCUT2D eigenvalue weighted by molar-refractivity contribution is 0.157. The topological polar surface area (TPSA) is 55.3 Å². The van der Waals surface area contributed by atoms with Crippen LogP contribution in [0.25, 0.3) is 0 Å². The van der Waals surface area contributed by atoms with Crippen LogP contribution in [0.4, 0.5) is 0 Å². The molecule has 0 saturated carbocycles. The largest absolute Gasteiger partial charge is 0.493 e. The van der Waals surface area contributed by atoms with Crippen molar-refractivity contribution in [1.29, 1.82) is 0 Å². The summed E-state index contributed by atoms with van der Waals surface area (Å²) in [4.78, 5) is 7.10. The Labute approximate surface area is 167 Å². The standard InChI is InChI=1S/C18H29N3O3.HI/c1-5-19-18(21-10-9-14(12-21)13-22-2)20-11-15-7-6-8-16(23-3)17(15)24-4;/h6-8,14H,5,9-13H2,1-4H3,(H,19,20);1H. The minimum atomic E-state index is 0. The minimum absolute atomic E-state index is 0. The van der Waals surface area contributed by atoms with Gasteiger partial charge in [0.1, 0.15) is 0 Å². The number of rotatable bonds is 7. The molecule has 0 aliphatic carbocycles. The Balaban J connectivity index is 0.00000312. The Kier molecular flexibility index (Phi) is 9.96. The lowest BCUT2D eigenvalue weighted by Gasteiger charge is -2.22. The maximum atomic E-state index is 5.49. The van der Waals surface area contributed by atoms with Gasteiger partial charge < -0.3 is 24.4 Å². The number of nitrogens with one attached hydrogen (secondary N) is 1. The van der Waals surface area contributed by atoms with E-state index in [9.17, 15) is 0 Å². The average molecular weight is 463 g/mol. The zero-order valence-corrected chi connectivity index (χ0v) is 17.9. The summed E-state index contributed by atoms with van der Waals surface area (Å²) in [5.74, 6) is 3.00. The number of methoxy groups -OCH3 is 3. The predicted octanol–water partition coefficient (Wildman–Crippen LogP) is 2.76. The van der Waals surface area contributed by atoms with Crippen molar-refractivity contribution in [3.63, 3.8) is 0 Å². The van der Waals surface area contributed by atoms with Crippen molar-refractivity contribution in [3.8, 4) is 11.5 Å². The number of para-hydroxylation sites is 1. The zero-order valence-electron chi connectivity index (χ0n) is 15.6. The predicted molar refractivity (Wildman–Crippen MR) is 111 cm³/mol. The van der Waals surface area contributed by atoms with Gasteiger partial charge in [-0.05, 0) is 19.4 Å². The van der Waals surface area contributed by atoms with Crippen molar-refractivity contribution in [2.45, 2.75) is 19.9 Å². The van der Waals surface area contributed by atoms with E-state index in [2.05, 4.69) is 17.1 Å². The van der Waals surface area contributed by atoms with E-state index in [-0.39, 0.29) is 24.0 Å². The molecule has 142 valence electrons. The number of nitrogens with zero attached hydrogens (tertiary/aromatic N) is 2. The lowest BCUT2D eigenvalue weighted by Crippen LogP contribution is -2.40. The number of aliphatic imine (C=N–C) groups is 1. The summed E-state index contributed by atoms with van der Waals surface area (Å²) in [5.41, 5.74) is 1.01. The van der Waals surface area contributed by atoms with Crippen molar-refractivity contribution < 1.29 is 14.2 Å². The van der Waals surface area contributed by atoms with Crippen LogP contribution in [0.2, 0.25) is 0 Å². The van der Waals surface area contributed by atoms with Crippen LogP contribution in [0, 0.1) is 5.92 Å². The highest BCUT2D eigenvalue weighted by molar-refractivity contribution is 14.0. The number of ether oxygens (including phenoxy) is 3. The number of guanidine groups is 1. The van der Waals surface area contributed by atoms with Gasteiger partial charge in [-0.15, -0.1) is 24.0 Å². The van der Waals surface area contributed by atoms with E-state index < -0.39 is 0 Å². The Morgan fingerprint density at radius 3 is 2.72 bits per heavy atom. The van der Waals surface area contributed by atoms with Gasteiger partial charge in [-0.2, -0.15) is 0 Å². The molecule has 1 atom stereocenters. The highest BCUT2D eigenvalue weighted by Gasteiger charge is 2.24. The van der Waals surface area contributed by atoms with Gasteiger partial charge in [0, 0.05) is 38.2 Å². The Bertz CT molecular complexity index is 554. The maximum absolute atomic E-state index is 5.49. The highest BCUT2D eigenvalue weighted by atomic mass is 127. The molecule has 1 aliphatic rings. The lowest BCUT2D eigenvalue weighted by atomic mass is 10.1. The third kappa shape index (κ3) is 5.91. The Morgan fingerprint density at radius 2 is 2.08 bits per heavy atom. The summed E-state index contributed by atoms with van der Waals surface area (Å²) in [6, 6.07) is 5.88. The molecule has 1 aromatic rings. The van der Waals surface area contributed by atoms with Crippen LogP contribution in [0.1, 0.15) is 18.9 Å². The molecule has 1 heterocycles. The first-order chi connectivity index (χ1) is 11.7. The second kappa shape index (κ2) is 11.4. The quantitative estimate of drug-likeness (QED) is 0.383. The summed E-state index contributed by atoms with van der Waals surface area (Å²) >= 11 is 0. The van der Waals surface area contributed by atoms with Gasteiger partial charge in [0.25, 0.3) is 0 Å². The number of hydrogen-bond acceptors (Lipinski definition) is 4. The van der Waals surface area contributed by atoms with Crippen LogP contribution in [-0.2, 0) is 11.3 Å². The number of likely N-dealkylation sites (tertiary alicyclic amines) is 1. The van der Waals surface area contributed by atoms with Crippen molar-refractivity contribution >= 4 is 29.9 Å². The fourth-order valence-electron chi connectivity index (χ4n) is 3.06. The first-order valence-electron chi connectivity index (χ1n) is 8.45. The van der Waals surface area contributed by atoms with Crippen LogP contribution in [-0.4, -0.2) is 58.4 Å². The van der Waals surface area contributed by atoms with E-state index in [1.807, 2.05) is 18.2 Å². The molecule has 1 N–H and O–H groups in total. The molecule has 0 bridgehead atoms. The van der Waals surface area contributed by atoms with Crippen LogP contribution >= 0.6 is 24.0 Å². The first-order valence-corrected chi connectivity index (χ1v) is 8.45. The molecule has 1 saturated heterocycles. The van der Waals surface area contributed by atoms with E-state index in [0.29, 0.717) is 12.5 Å². The fourth-order valence-corrected chi connectivity index (χ4v) is 3.06. The van der Waals surface area contributed by atoms with Gasteiger partial charge in [0.2, 0.25) is 0 Å². The molecule has 1 aliphatic heterocycles. The molecule has 1 unspecified atom stereocenters. The van der Waals surface area contributed by atoms with Crippen LogP contribution < -0.4 is 14.8 Å². The number of benzene rings is 1. The molecular formula is C18H30IN3O3. The molecule has 2 rings (SSSR count). The summed E-state index contributed by atoms with van der Waals surface area (Å²) in [5, 5.41) is 3.39.